The highest BCUT2D eigenvalue weighted by molar-refractivity contribution is 7.14. The Bertz CT molecular complexity index is 529. The van der Waals surface area contributed by atoms with Gasteiger partial charge in [-0.2, -0.15) is 5.10 Å². The maximum Gasteiger partial charge on any atom is 0.281 e. The molecule has 1 saturated carbocycles. The molecule has 0 radical (unpaired) electrons. The number of nitrogens with zero attached hydrogens (tertiary/aromatic N) is 1. The Kier molecular flexibility index (Phi) is 4.73. The van der Waals surface area contributed by atoms with Crippen LogP contribution < -0.4 is 5.43 Å². The number of carbonyl (C=O) groups is 1. The van der Waals surface area contributed by atoms with Gasteiger partial charge in [0.2, 0.25) is 0 Å². The Morgan fingerprint density at radius 3 is 2.95 bits per heavy atom. The molecule has 1 aromatic heterocycles. The van der Waals surface area contributed by atoms with Gasteiger partial charge in [-0.25, -0.2) is 5.43 Å². The van der Waals surface area contributed by atoms with E-state index in [9.17, 15) is 4.79 Å². The van der Waals surface area contributed by atoms with Gasteiger partial charge >= 0.3 is 0 Å². The Labute approximate surface area is 130 Å². The summed E-state index contributed by atoms with van der Waals surface area (Å²) in [5, 5.41) is 4.17. The standard InChI is InChI=1S/C17H24N2OS/c1-12-7-8-15-14(9-12)10-16(21-15)17(20)19-18-11-13-5-3-2-4-6-13/h10-13H,2-9H2,1H3,(H,19,20)/t12-/m0/s1. The van der Waals surface area contributed by atoms with Crippen molar-refractivity contribution >= 4 is 23.5 Å². The van der Waals surface area contributed by atoms with Crippen LogP contribution in [-0.2, 0) is 12.8 Å². The van der Waals surface area contributed by atoms with E-state index in [1.165, 1.54) is 49.0 Å². The molecule has 1 heterocycles. The number of hydrogen-bond acceptors (Lipinski definition) is 3. The van der Waals surface area contributed by atoms with Gasteiger partial charge in [0.05, 0.1) is 4.88 Å². The number of nitrogens with one attached hydrogen (secondary N) is 1. The number of hydrogen-bond donors (Lipinski definition) is 1. The molecule has 114 valence electrons. The van der Waals surface area contributed by atoms with Crippen molar-refractivity contribution in [3.05, 3.63) is 21.4 Å². The van der Waals surface area contributed by atoms with Crippen molar-refractivity contribution in [3.8, 4) is 0 Å². The fourth-order valence-corrected chi connectivity index (χ4v) is 4.46. The van der Waals surface area contributed by atoms with E-state index < -0.39 is 0 Å². The van der Waals surface area contributed by atoms with E-state index in [-0.39, 0.29) is 5.91 Å². The number of hydrazone groups is 1. The van der Waals surface area contributed by atoms with Gasteiger partial charge in [0.25, 0.3) is 5.91 Å². The average molecular weight is 304 g/mol. The predicted octanol–water partition coefficient (Wildman–Crippen LogP) is 4.17. The normalized spacial score (nSPS) is 23.2. The number of fused-ring (bicyclic) bond motifs is 1. The quantitative estimate of drug-likeness (QED) is 0.661. The van der Waals surface area contributed by atoms with Crippen molar-refractivity contribution in [1.82, 2.24) is 5.43 Å². The van der Waals surface area contributed by atoms with Crippen LogP contribution in [0.2, 0.25) is 0 Å². The molecule has 2 aliphatic rings. The second-order valence-electron chi connectivity index (χ2n) is 6.52. The summed E-state index contributed by atoms with van der Waals surface area (Å²) >= 11 is 1.65. The van der Waals surface area contributed by atoms with Gasteiger partial charge in [0, 0.05) is 11.1 Å². The topological polar surface area (TPSA) is 41.5 Å². The lowest BCUT2D eigenvalue weighted by Crippen LogP contribution is -2.18. The smallest absolute Gasteiger partial charge is 0.266 e. The molecular formula is C17H24N2OS. The number of rotatable bonds is 3. The van der Waals surface area contributed by atoms with Gasteiger partial charge in [-0.3, -0.25) is 4.79 Å². The van der Waals surface area contributed by atoms with Crippen LogP contribution in [0.4, 0.5) is 0 Å². The zero-order chi connectivity index (χ0) is 14.7. The number of amides is 1. The highest BCUT2D eigenvalue weighted by Gasteiger charge is 2.20. The number of thiophene rings is 1. The first kappa shape index (κ1) is 14.8. The molecule has 1 aromatic rings. The minimum Gasteiger partial charge on any atom is -0.266 e. The fraction of sp³-hybridized carbons (Fsp3) is 0.647. The zero-order valence-corrected chi connectivity index (χ0v) is 13.5. The summed E-state index contributed by atoms with van der Waals surface area (Å²) < 4.78 is 0. The van der Waals surface area contributed by atoms with Crippen LogP contribution >= 0.6 is 11.3 Å². The van der Waals surface area contributed by atoms with Crippen LogP contribution in [0, 0.1) is 11.8 Å². The van der Waals surface area contributed by atoms with E-state index in [1.807, 2.05) is 6.21 Å². The summed E-state index contributed by atoms with van der Waals surface area (Å²) in [6, 6.07) is 2.07. The van der Waals surface area contributed by atoms with Crippen molar-refractivity contribution in [2.75, 3.05) is 0 Å². The maximum absolute atomic E-state index is 12.2. The highest BCUT2D eigenvalue weighted by atomic mass is 32.1. The van der Waals surface area contributed by atoms with Crippen LogP contribution in [0.25, 0.3) is 0 Å². The van der Waals surface area contributed by atoms with Crippen molar-refractivity contribution in [2.45, 2.75) is 58.3 Å². The van der Waals surface area contributed by atoms with Crippen LogP contribution in [0.1, 0.15) is 65.6 Å². The van der Waals surface area contributed by atoms with E-state index in [2.05, 4.69) is 23.5 Å². The summed E-state index contributed by atoms with van der Waals surface area (Å²) in [7, 11) is 0. The molecular weight excluding hydrogens is 280 g/mol. The summed E-state index contributed by atoms with van der Waals surface area (Å²) in [6.45, 7) is 2.29. The molecule has 0 saturated heterocycles. The van der Waals surface area contributed by atoms with Crippen LogP contribution in [0.5, 0.6) is 0 Å². The minimum absolute atomic E-state index is 0.0471. The van der Waals surface area contributed by atoms with E-state index >= 15 is 0 Å². The van der Waals surface area contributed by atoms with Crippen LogP contribution in [-0.4, -0.2) is 12.1 Å². The molecule has 0 bridgehead atoms. The lowest BCUT2D eigenvalue weighted by atomic mass is 9.90. The third kappa shape index (κ3) is 3.73. The van der Waals surface area contributed by atoms with E-state index in [1.54, 1.807) is 11.3 Å². The summed E-state index contributed by atoms with van der Waals surface area (Å²) in [4.78, 5) is 14.4. The van der Waals surface area contributed by atoms with Gasteiger partial charge in [-0.15, -0.1) is 11.3 Å². The molecule has 1 N–H and O–H groups in total. The monoisotopic (exact) mass is 304 g/mol. The van der Waals surface area contributed by atoms with Crippen molar-refractivity contribution < 1.29 is 4.79 Å². The molecule has 0 aliphatic heterocycles. The van der Waals surface area contributed by atoms with Crippen LogP contribution in [0.15, 0.2) is 11.2 Å². The number of aryl methyl sites for hydroxylation is 1. The predicted molar refractivity (Wildman–Crippen MR) is 88.0 cm³/mol. The zero-order valence-electron chi connectivity index (χ0n) is 12.7. The van der Waals surface area contributed by atoms with Gasteiger partial charge in [0.15, 0.2) is 0 Å². The first-order valence-electron chi connectivity index (χ1n) is 8.17. The largest absolute Gasteiger partial charge is 0.281 e. The summed E-state index contributed by atoms with van der Waals surface area (Å²) in [5.41, 5.74) is 4.08. The summed E-state index contributed by atoms with van der Waals surface area (Å²) in [5.74, 6) is 1.25. The van der Waals surface area contributed by atoms with E-state index in [4.69, 9.17) is 0 Å². The van der Waals surface area contributed by atoms with Gasteiger partial charge < -0.3 is 0 Å². The first-order chi connectivity index (χ1) is 10.2. The molecule has 0 spiro atoms. The van der Waals surface area contributed by atoms with Crippen LogP contribution in [0.3, 0.4) is 0 Å². The maximum atomic E-state index is 12.2. The molecule has 3 rings (SSSR count). The molecule has 1 atom stereocenters. The van der Waals surface area contributed by atoms with Crippen molar-refractivity contribution in [2.24, 2.45) is 16.9 Å². The first-order valence-corrected chi connectivity index (χ1v) is 8.99. The molecule has 21 heavy (non-hydrogen) atoms. The lowest BCUT2D eigenvalue weighted by molar-refractivity contribution is 0.0959. The Balaban J connectivity index is 1.57. The third-order valence-corrected chi connectivity index (χ3v) is 5.89. The lowest BCUT2D eigenvalue weighted by Gasteiger charge is -2.16. The average Bonchev–Trinajstić information content (AvgIpc) is 2.91. The Morgan fingerprint density at radius 1 is 1.33 bits per heavy atom. The molecule has 1 fully saturated rings. The van der Waals surface area contributed by atoms with Crippen molar-refractivity contribution in [3.63, 3.8) is 0 Å². The van der Waals surface area contributed by atoms with E-state index in [0.717, 1.165) is 23.6 Å². The van der Waals surface area contributed by atoms with Gasteiger partial charge in [-0.05, 0) is 55.6 Å². The SMILES string of the molecule is C[C@H]1CCc2sc(C(=O)NN=CC3CCCCC3)cc2C1. The Hall–Kier alpha value is -1.16. The fourth-order valence-electron chi connectivity index (χ4n) is 3.36. The molecule has 2 aliphatic carbocycles. The molecule has 4 heteroatoms. The highest BCUT2D eigenvalue weighted by Crippen LogP contribution is 2.32. The third-order valence-electron chi connectivity index (χ3n) is 4.65. The molecule has 1 amide bonds. The molecule has 3 nitrogen and oxygen atoms in total. The van der Waals surface area contributed by atoms with Gasteiger partial charge in [0.1, 0.15) is 0 Å². The molecule has 0 aromatic carbocycles. The molecule has 0 unspecified atom stereocenters. The minimum atomic E-state index is -0.0471. The second-order valence-corrected chi connectivity index (χ2v) is 7.66. The van der Waals surface area contributed by atoms with Crippen molar-refractivity contribution in [1.29, 1.82) is 0 Å². The summed E-state index contributed by atoms with van der Waals surface area (Å²) in [6.07, 6.45) is 11.8. The van der Waals surface area contributed by atoms with E-state index in [0.29, 0.717) is 5.92 Å². The second kappa shape index (κ2) is 6.73. The van der Waals surface area contributed by atoms with Gasteiger partial charge in [-0.1, -0.05) is 26.2 Å². The number of carbonyl (C=O) groups excluding carboxylic acids is 1. The Morgan fingerprint density at radius 2 is 2.14 bits per heavy atom.